The van der Waals surface area contributed by atoms with Crippen LogP contribution < -0.4 is 5.73 Å². The minimum absolute atomic E-state index is 0.502. The van der Waals surface area contributed by atoms with Crippen molar-refractivity contribution >= 4 is 21.4 Å². The molecule has 0 bridgehead atoms. The molecule has 0 aliphatic rings. The van der Waals surface area contributed by atoms with Gasteiger partial charge in [0.1, 0.15) is 0 Å². The van der Waals surface area contributed by atoms with Gasteiger partial charge in [-0.15, -0.1) is 11.3 Å². The molecule has 0 radical (unpaired) electrons. The molecule has 0 fully saturated rings. The summed E-state index contributed by atoms with van der Waals surface area (Å²) in [7, 11) is 0. The van der Waals surface area contributed by atoms with Gasteiger partial charge in [-0.2, -0.15) is 0 Å². The molecule has 16 heavy (non-hydrogen) atoms. The van der Waals surface area contributed by atoms with Crippen LogP contribution in [0.1, 0.15) is 5.69 Å². The molecule has 80 valence electrons. The SMILES string of the molecule is NCc1cncn1-c1ccc2sccc2c1. The summed E-state index contributed by atoms with van der Waals surface area (Å²) in [4.78, 5) is 4.12. The van der Waals surface area contributed by atoms with E-state index in [0.29, 0.717) is 6.54 Å². The molecule has 0 amide bonds. The molecule has 0 atom stereocenters. The molecule has 0 aliphatic carbocycles. The average Bonchev–Trinajstić information content (AvgIpc) is 2.96. The lowest BCUT2D eigenvalue weighted by molar-refractivity contribution is 0.911. The Kier molecular flexibility index (Phi) is 2.23. The van der Waals surface area contributed by atoms with Crippen molar-refractivity contribution in [3.63, 3.8) is 0 Å². The van der Waals surface area contributed by atoms with Crippen LogP contribution in [0.3, 0.4) is 0 Å². The van der Waals surface area contributed by atoms with Gasteiger partial charge >= 0.3 is 0 Å². The Balaban J connectivity index is 2.18. The number of thiophene rings is 1. The van der Waals surface area contributed by atoms with Crippen molar-refractivity contribution in [2.45, 2.75) is 6.54 Å². The zero-order valence-corrected chi connectivity index (χ0v) is 9.45. The maximum absolute atomic E-state index is 5.67. The van der Waals surface area contributed by atoms with Gasteiger partial charge in [-0.1, -0.05) is 0 Å². The summed E-state index contributed by atoms with van der Waals surface area (Å²) in [5.41, 5.74) is 7.80. The van der Waals surface area contributed by atoms with E-state index < -0.39 is 0 Å². The van der Waals surface area contributed by atoms with Crippen molar-refractivity contribution in [3.8, 4) is 5.69 Å². The van der Waals surface area contributed by atoms with E-state index >= 15 is 0 Å². The molecule has 0 saturated carbocycles. The van der Waals surface area contributed by atoms with E-state index in [1.54, 1.807) is 23.9 Å². The molecule has 4 heteroatoms. The van der Waals surface area contributed by atoms with E-state index in [2.05, 4.69) is 34.6 Å². The zero-order valence-electron chi connectivity index (χ0n) is 8.63. The maximum atomic E-state index is 5.67. The Morgan fingerprint density at radius 3 is 3.12 bits per heavy atom. The van der Waals surface area contributed by atoms with Crippen LogP contribution in [0.25, 0.3) is 15.8 Å². The summed E-state index contributed by atoms with van der Waals surface area (Å²) in [6, 6.07) is 8.52. The summed E-state index contributed by atoms with van der Waals surface area (Å²) in [5, 5.41) is 3.37. The van der Waals surface area contributed by atoms with E-state index in [9.17, 15) is 0 Å². The van der Waals surface area contributed by atoms with Crippen molar-refractivity contribution in [2.75, 3.05) is 0 Å². The van der Waals surface area contributed by atoms with Crippen molar-refractivity contribution in [1.29, 1.82) is 0 Å². The molecule has 2 N–H and O–H groups in total. The monoisotopic (exact) mass is 229 g/mol. The third-order valence-corrected chi connectivity index (χ3v) is 3.54. The minimum atomic E-state index is 0.502. The molecular weight excluding hydrogens is 218 g/mol. The van der Waals surface area contributed by atoms with Crippen LogP contribution >= 0.6 is 11.3 Å². The molecule has 3 aromatic rings. The number of nitrogens with zero attached hydrogens (tertiary/aromatic N) is 2. The van der Waals surface area contributed by atoms with Gasteiger partial charge in [-0.25, -0.2) is 4.98 Å². The minimum Gasteiger partial charge on any atom is -0.325 e. The zero-order chi connectivity index (χ0) is 11.0. The summed E-state index contributed by atoms with van der Waals surface area (Å²) in [5.74, 6) is 0. The lowest BCUT2D eigenvalue weighted by Crippen LogP contribution is -2.04. The fourth-order valence-corrected chi connectivity index (χ4v) is 2.58. The van der Waals surface area contributed by atoms with Crippen molar-refractivity contribution in [3.05, 3.63) is 47.9 Å². The Labute approximate surface area is 97.2 Å². The molecule has 3 nitrogen and oxygen atoms in total. The van der Waals surface area contributed by atoms with Crippen LogP contribution in [0, 0.1) is 0 Å². The molecule has 1 aromatic carbocycles. The number of aromatic nitrogens is 2. The Hall–Kier alpha value is -1.65. The van der Waals surface area contributed by atoms with Crippen LogP contribution in [-0.2, 0) is 6.54 Å². The highest BCUT2D eigenvalue weighted by Gasteiger charge is 2.03. The number of rotatable bonds is 2. The van der Waals surface area contributed by atoms with E-state index in [4.69, 9.17) is 5.73 Å². The Morgan fingerprint density at radius 2 is 2.25 bits per heavy atom. The first-order chi connectivity index (χ1) is 7.88. The van der Waals surface area contributed by atoms with Crippen LogP contribution in [-0.4, -0.2) is 9.55 Å². The van der Waals surface area contributed by atoms with Gasteiger partial charge in [0.2, 0.25) is 0 Å². The summed E-state index contributed by atoms with van der Waals surface area (Å²) < 4.78 is 3.33. The second-order valence-electron chi connectivity index (χ2n) is 3.60. The normalized spacial score (nSPS) is 11.1. The van der Waals surface area contributed by atoms with Crippen molar-refractivity contribution < 1.29 is 0 Å². The summed E-state index contributed by atoms with van der Waals surface area (Å²) in [6.07, 6.45) is 3.60. The Morgan fingerprint density at radius 1 is 1.31 bits per heavy atom. The first kappa shape index (κ1) is 9.57. The molecule has 0 saturated heterocycles. The number of imidazole rings is 1. The second-order valence-corrected chi connectivity index (χ2v) is 4.55. The molecule has 0 spiro atoms. The number of nitrogens with two attached hydrogens (primary N) is 1. The van der Waals surface area contributed by atoms with Crippen molar-refractivity contribution in [2.24, 2.45) is 5.73 Å². The molecule has 2 aromatic heterocycles. The van der Waals surface area contributed by atoms with Crippen LogP contribution in [0.2, 0.25) is 0 Å². The van der Waals surface area contributed by atoms with Gasteiger partial charge in [0.25, 0.3) is 0 Å². The topological polar surface area (TPSA) is 43.8 Å². The van der Waals surface area contributed by atoms with Gasteiger partial charge in [0.15, 0.2) is 0 Å². The molecule has 0 unspecified atom stereocenters. The van der Waals surface area contributed by atoms with Gasteiger partial charge in [-0.3, -0.25) is 0 Å². The first-order valence-electron chi connectivity index (χ1n) is 5.07. The average molecular weight is 229 g/mol. The smallest absolute Gasteiger partial charge is 0.0994 e. The lowest BCUT2D eigenvalue weighted by Gasteiger charge is -2.06. The van der Waals surface area contributed by atoms with Gasteiger partial charge < -0.3 is 10.3 Å². The fraction of sp³-hybridized carbons (Fsp3) is 0.0833. The largest absolute Gasteiger partial charge is 0.325 e. The highest BCUT2D eigenvalue weighted by molar-refractivity contribution is 7.17. The van der Waals surface area contributed by atoms with Crippen LogP contribution in [0.4, 0.5) is 0 Å². The third kappa shape index (κ3) is 1.43. The molecule has 0 aliphatic heterocycles. The summed E-state index contributed by atoms with van der Waals surface area (Å²) in [6.45, 7) is 0.502. The van der Waals surface area contributed by atoms with E-state index in [0.717, 1.165) is 11.4 Å². The van der Waals surface area contributed by atoms with E-state index in [1.807, 2.05) is 4.57 Å². The van der Waals surface area contributed by atoms with Gasteiger partial charge in [-0.05, 0) is 35.0 Å². The van der Waals surface area contributed by atoms with E-state index in [1.165, 1.54) is 10.1 Å². The lowest BCUT2D eigenvalue weighted by atomic mass is 10.2. The number of hydrogen-bond acceptors (Lipinski definition) is 3. The molecule has 3 rings (SSSR count). The third-order valence-electron chi connectivity index (χ3n) is 2.64. The number of hydrogen-bond donors (Lipinski definition) is 1. The fourth-order valence-electron chi connectivity index (χ4n) is 1.81. The van der Waals surface area contributed by atoms with Gasteiger partial charge in [0.05, 0.1) is 12.0 Å². The van der Waals surface area contributed by atoms with Crippen LogP contribution in [0.15, 0.2) is 42.2 Å². The number of fused-ring (bicyclic) bond motifs is 1. The van der Waals surface area contributed by atoms with E-state index in [-0.39, 0.29) is 0 Å². The highest BCUT2D eigenvalue weighted by Crippen LogP contribution is 2.23. The molecule has 2 heterocycles. The predicted molar refractivity (Wildman–Crippen MR) is 66.8 cm³/mol. The van der Waals surface area contributed by atoms with Crippen LogP contribution in [0.5, 0.6) is 0 Å². The van der Waals surface area contributed by atoms with Gasteiger partial charge in [0, 0.05) is 23.1 Å². The maximum Gasteiger partial charge on any atom is 0.0994 e. The standard InChI is InChI=1S/C12H11N3S/c13-6-11-7-14-8-15(11)10-1-2-12-9(5-10)3-4-16-12/h1-5,7-8H,6,13H2. The second kappa shape index (κ2) is 3.73. The quantitative estimate of drug-likeness (QED) is 0.734. The number of benzene rings is 1. The highest BCUT2D eigenvalue weighted by atomic mass is 32.1. The van der Waals surface area contributed by atoms with Crippen molar-refractivity contribution in [1.82, 2.24) is 9.55 Å². The molecular formula is C12H11N3S. The summed E-state index contributed by atoms with van der Waals surface area (Å²) >= 11 is 1.75. The Bertz CT molecular complexity index is 624. The first-order valence-corrected chi connectivity index (χ1v) is 5.95. The predicted octanol–water partition coefficient (Wildman–Crippen LogP) is 2.55.